The lowest BCUT2D eigenvalue weighted by atomic mass is 10.2. The Hall–Kier alpha value is -3.35. The Labute approximate surface area is 209 Å². The number of aromatic nitrogens is 5. The Balaban J connectivity index is 1.19. The predicted octanol–water partition coefficient (Wildman–Crippen LogP) is 2.89. The number of rotatable bonds is 6. The van der Waals surface area contributed by atoms with Crippen LogP contribution in [-0.4, -0.2) is 68.0 Å². The minimum absolute atomic E-state index is 0.0740. The molecule has 5 aromatic rings. The van der Waals surface area contributed by atoms with Crippen molar-refractivity contribution in [1.29, 1.82) is 0 Å². The van der Waals surface area contributed by atoms with Gasteiger partial charge in [-0.2, -0.15) is 9.50 Å². The van der Waals surface area contributed by atoms with Crippen molar-refractivity contribution < 1.29 is 4.42 Å². The van der Waals surface area contributed by atoms with E-state index in [1.807, 2.05) is 0 Å². The van der Waals surface area contributed by atoms with Crippen LogP contribution in [0.1, 0.15) is 0 Å². The number of nitrogens with two attached hydrogens (primary N) is 1. The third-order valence-electron chi connectivity index (χ3n) is 6.31. The van der Waals surface area contributed by atoms with E-state index in [0.717, 1.165) is 44.1 Å². The Morgan fingerprint density at radius 2 is 1.86 bits per heavy atom. The predicted molar refractivity (Wildman–Crippen MR) is 139 cm³/mol. The van der Waals surface area contributed by atoms with E-state index in [9.17, 15) is 4.79 Å². The highest BCUT2D eigenvalue weighted by molar-refractivity contribution is 7.98. The fourth-order valence-electron chi connectivity index (χ4n) is 4.40. The molecule has 4 aromatic heterocycles. The average Bonchev–Trinajstić information content (AvgIpc) is 3.63. The first-order chi connectivity index (χ1) is 17.1. The maximum atomic E-state index is 12.9. The van der Waals surface area contributed by atoms with E-state index in [-0.39, 0.29) is 10.8 Å². The molecule has 1 aliphatic rings. The molecule has 0 bridgehead atoms. The van der Waals surface area contributed by atoms with Crippen LogP contribution in [0, 0.1) is 0 Å². The molecule has 1 aromatic carbocycles. The number of thioether (sulfide) groups is 1. The second kappa shape index (κ2) is 9.02. The maximum absolute atomic E-state index is 12.9. The normalized spacial score (nSPS) is 14.9. The number of nitrogen functional groups attached to an aromatic ring is 1. The number of benzene rings is 1. The zero-order chi connectivity index (χ0) is 23.9. The van der Waals surface area contributed by atoms with Crippen LogP contribution in [0.15, 0.2) is 56.8 Å². The third-order valence-corrected chi connectivity index (χ3v) is 8.02. The molecule has 10 nitrogen and oxygen atoms in total. The SMILES string of the molecule is CSc1ccc(N2CCN(CCn3c(=O)sc4c3nc(N)n3nc(-c5ccco5)nc43)CC2)cc1. The minimum Gasteiger partial charge on any atom is -0.461 e. The fraction of sp³-hybridized carbons (Fsp3) is 0.304. The molecule has 0 saturated carbocycles. The molecule has 12 heteroatoms. The van der Waals surface area contributed by atoms with Crippen LogP contribution < -0.4 is 15.5 Å². The topological polar surface area (TPSA) is 111 Å². The Morgan fingerprint density at radius 3 is 2.57 bits per heavy atom. The van der Waals surface area contributed by atoms with Gasteiger partial charge in [0, 0.05) is 49.9 Å². The van der Waals surface area contributed by atoms with Gasteiger partial charge in [-0.15, -0.1) is 16.9 Å². The van der Waals surface area contributed by atoms with Gasteiger partial charge >= 0.3 is 4.87 Å². The van der Waals surface area contributed by atoms with Gasteiger partial charge in [0.1, 0.15) is 4.70 Å². The molecular weight excluding hydrogens is 484 g/mol. The molecular formula is C23H24N8O2S2. The first-order valence-corrected chi connectivity index (χ1v) is 13.4. The van der Waals surface area contributed by atoms with Crippen LogP contribution in [-0.2, 0) is 6.54 Å². The van der Waals surface area contributed by atoms with Crippen molar-refractivity contribution in [1.82, 2.24) is 29.0 Å². The van der Waals surface area contributed by atoms with E-state index in [0.29, 0.717) is 34.1 Å². The molecule has 2 N–H and O–H groups in total. The number of piperazine rings is 1. The van der Waals surface area contributed by atoms with E-state index >= 15 is 0 Å². The van der Waals surface area contributed by atoms with Gasteiger partial charge in [-0.1, -0.05) is 11.3 Å². The second-order valence-electron chi connectivity index (χ2n) is 8.32. The highest BCUT2D eigenvalue weighted by Crippen LogP contribution is 2.26. The lowest BCUT2D eigenvalue weighted by Gasteiger charge is -2.36. The summed E-state index contributed by atoms with van der Waals surface area (Å²) in [7, 11) is 0. The monoisotopic (exact) mass is 508 g/mol. The quantitative estimate of drug-likeness (QED) is 0.346. The number of hydrogen-bond donors (Lipinski definition) is 1. The fourth-order valence-corrected chi connectivity index (χ4v) is 5.74. The molecule has 0 aliphatic carbocycles. The van der Waals surface area contributed by atoms with E-state index in [1.165, 1.54) is 15.1 Å². The zero-order valence-corrected chi connectivity index (χ0v) is 20.8. The first kappa shape index (κ1) is 22.1. The third kappa shape index (κ3) is 4.07. The summed E-state index contributed by atoms with van der Waals surface area (Å²) in [5, 5.41) is 4.41. The van der Waals surface area contributed by atoms with Gasteiger partial charge in [-0.3, -0.25) is 14.3 Å². The molecule has 5 heterocycles. The van der Waals surface area contributed by atoms with Crippen LogP contribution in [0.3, 0.4) is 0 Å². The van der Waals surface area contributed by atoms with Gasteiger partial charge in [0.15, 0.2) is 17.1 Å². The van der Waals surface area contributed by atoms with Crippen molar-refractivity contribution in [2.24, 2.45) is 0 Å². The summed E-state index contributed by atoms with van der Waals surface area (Å²) < 4.78 is 9.25. The summed E-state index contributed by atoms with van der Waals surface area (Å²) in [4.78, 5) is 28.0. The largest absolute Gasteiger partial charge is 0.461 e. The highest BCUT2D eigenvalue weighted by Gasteiger charge is 2.21. The lowest BCUT2D eigenvalue weighted by Crippen LogP contribution is -2.47. The Morgan fingerprint density at radius 1 is 1.06 bits per heavy atom. The summed E-state index contributed by atoms with van der Waals surface area (Å²) in [6, 6.07) is 12.3. The molecule has 1 aliphatic heterocycles. The van der Waals surface area contributed by atoms with Crippen LogP contribution >= 0.6 is 23.1 Å². The number of anilines is 2. The molecule has 0 unspecified atom stereocenters. The summed E-state index contributed by atoms with van der Waals surface area (Å²) >= 11 is 2.88. The van der Waals surface area contributed by atoms with Crippen LogP contribution in [0.25, 0.3) is 27.6 Å². The minimum atomic E-state index is -0.0740. The number of fused-ring (bicyclic) bond motifs is 3. The average molecular weight is 509 g/mol. The van der Waals surface area contributed by atoms with Gasteiger partial charge < -0.3 is 15.1 Å². The van der Waals surface area contributed by atoms with E-state index in [2.05, 4.69) is 55.4 Å². The van der Waals surface area contributed by atoms with Gasteiger partial charge in [0.05, 0.1) is 6.26 Å². The molecule has 35 heavy (non-hydrogen) atoms. The standard InChI is InChI=1S/C23H24N8O2S2/c1-34-16-6-4-15(5-7-16)29-11-8-28(9-12-29)10-13-30-20-18(35-23(30)32)21-25-19(17-3-2-14-33-17)27-31(21)22(24)26-20/h2-7,14H,8-13H2,1H3,(H2,24,26). The zero-order valence-electron chi connectivity index (χ0n) is 19.1. The van der Waals surface area contributed by atoms with Crippen molar-refractivity contribution in [3.05, 3.63) is 52.3 Å². The molecule has 1 fully saturated rings. The van der Waals surface area contributed by atoms with Crippen LogP contribution in [0.2, 0.25) is 0 Å². The van der Waals surface area contributed by atoms with Gasteiger partial charge in [-0.25, -0.2) is 4.98 Å². The van der Waals surface area contributed by atoms with Crippen molar-refractivity contribution >= 4 is 50.7 Å². The summed E-state index contributed by atoms with van der Waals surface area (Å²) in [6.45, 7) is 5.11. The molecule has 180 valence electrons. The lowest BCUT2D eigenvalue weighted by molar-refractivity contribution is 0.248. The summed E-state index contributed by atoms with van der Waals surface area (Å²) in [5.41, 5.74) is 8.51. The molecule has 6 rings (SSSR count). The molecule has 0 atom stereocenters. The van der Waals surface area contributed by atoms with Gasteiger partial charge in [0.25, 0.3) is 0 Å². The Bertz CT molecular complexity index is 1530. The molecule has 0 amide bonds. The number of nitrogens with zero attached hydrogens (tertiary/aromatic N) is 7. The van der Waals surface area contributed by atoms with E-state index in [1.54, 1.807) is 34.7 Å². The van der Waals surface area contributed by atoms with Crippen LogP contribution in [0.4, 0.5) is 11.6 Å². The van der Waals surface area contributed by atoms with Gasteiger partial charge in [0.2, 0.25) is 11.8 Å². The number of furan rings is 1. The van der Waals surface area contributed by atoms with Crippen molar-refractivity contribution in [3.8, 4) is 11.6 Å². The van der Waals surface area contributed by atoms with Crippen molar-refractivity contribution in [3.63, 3.8) is 0 Å². The highest BCUT2D eigenvalue weighted by atomic mass is 32.2. The summed E-state index contributed by atoms with van der Waals surface area (Å²) in [5.74, 6) is 1.13. The summed E-state index contributed by atoms with van der Waals surface area (Å²) in [6.07, 6.45) is 3.65. The molecule has 0 radical (unpaired) electrons. The number of thiazole rings is 1. The molecule has 1 saturated heterocycles. The molecule has 0 spiro atoms. The Kier molecular flexibility index (Phi) is 5.71. The maximum Gasteiger partial charge on any atom is 0.309 e. The van der Waals surface area contributed by atoms with Crippen LogP contribution in [0.5, 0.6) is 0 Å². The van der Waals surface area contributed by atoms with E-state index < -0.39 is 0 Å². The smallest absolute Gasteiger partial charge is 0.309 e. The number of hydrogen-bond acceptors (Lipinski definition) is 10. The first-order valence-electron chi connectivity index (χ1n) is 11.3. The van der Waals surface area contributed by atoms with Crippen molar-refractivity contribution in [2.45, 2.75) is 11.4 Å². The van der Waals surface area contributed by atoms with Crippen molar-refractivity contribution in [2.75, 3.05) is 49.6 Å². The van der Waals surface area contributed by atoms with E-state index in [4.69, 9.17) is 10.2 Å². The second-order valence-corrected chi connectivity index (χ2v) is 10.2. The van der Waals surface area contributed by atoms with Gasteiger partial charge in [-0.05, 0) is 42.7 Å².